The Morgan fingerprint density at radius 2 is 1.80 bits per heavy atom. The zero-order valence-electron chi connectivity index (χ0n) is 13.4. The van der Waals surface area contributed by atoms with Crippen LogP contribution in [0.15, 0.2) is 58.3 Å². The lowest BCUT2D eigenvalue weighted by atomic mass is 10.1. The Balaban J connectivity index is 1.63. The molecule has 0 amide bonds. The number of benzene rings is 2. The summed E-state index contributed by atoms with van der Waals surface area (Å²) in [7, 11) is 0. The van der Waals surface area contributed by atoms with E-state index in [9.17, 15) is 0 Å². The summed E-state index contributed by atoms with van der Waals surface area (Å²) in [6.07, 6.45) is 2.22. The van der Waals surface area contributed by atoms with Gasteiger partial charge in [0.25, 0.3) is 0 Å². The molecule has 0 aliphatic carbocycles. The van der Waals surface area contributed by atoms with Crippen molar-refractivity contribution in [3.05, 3.63) is 53.1 Å². The zero-order valence-corrected chi connectivity index (χ0v) is 15.8. The molecular weight excluding hydrogens is 400 g/mol. The smallest absolute Gasteiger partial charge is 0.323 e. The first-order valence-corrected chi connectivity index (χ1v) is 10.0. The lowest BCUT2D eigenvalue weighted by molar-refractivity contribution is -0.713. The lowest BCUT2D eigenvalue weighted by Gasteiger charge is -2.18. The van der Waals surface area contributed by atoms with Gasteiger partial charge in [-0.25, -0.2) is 4.57 Å². The molecule has 3 aromatic rings. The van der Waals surface area contributed by atoms with Crippen molar-refractivity contribution in [2.24, 2.45) is 0 Å². The molecule has 25 heavy (non-hydrogen) atoms. The summed E-state index contributed by atoms with van der Waals surface area (Å²) in [6.45, 7) is 2.25. The molecule has 2 aromatic carbocycles. The Morgan fingerprint density at radius 1 is 1.00 bits per heavy atom. The molecule has 2 aliphatic rings. The molecule has 6 heteroatoms. The lowest BCUT2D eigenvalue weighted by Crippen LogP contribution is -2.33. The van der Waals surface area contributed by atoms with E-state index in [0.29, 0.717) is 13.2 Å². The summed E-state index contributed by atoms with van der Waals surface area (Å²) in [4.78, 5) is 0. The molecule has 0 saturated carbocycles. The topological polar surface area (TPSA) is 27.3 Å². The number of hydrogen-bond donors (Lipinski definition) is 0. The number of hydrogen-bond acceptors (Lipinski definition) is 3. The van der Waals surface area contributed by atoms with E-state index in [1.54, 1.807) is 0 Å². The molecule has 0 radical (unpaired) electrons. The third kappa shape index (κ3) is 2.64. The summed E-state index contributed by atoms with van der Waals surface area (Å²) < 4.78 is 17.2. The van der Waals surface area contributed by atoms with Crippen LogP contribution in [0, 0.1) is 0 Å². The third-order valence-electron chi connectivity index (χ3n) is 4.47. The molecule has 2 aliphatic heterocycles. The normalized spacial score (nSPS) is 15.2. The van der Waals surface area contributed by atoms with Crippen molar-refractivity contribution in [1.29, 1.82) is 0 Å². The van der Waals surface area contributed by atoms with Crippen molar-refractivity contribution < 1.29 is 14.0 Å². The van der Waals surface area contributed by atoms with E-state index in [1.807, 2.05) is 17.8 Å². The molecule has 3 heterocycles. The first-order chi connectivity index (χ1) is 12.3. The van der Waals surface area contributed by atoms with E-state index < -0.39 is 0 Å². The van der Waals surface area contributed by atoms with Crippen LogP contribution in [0.2, 0.25) is 0 Å². The minimum Gasteiger partial charge on any atom is -0.486 e. The van der Waals surface area contributed by atoms with Gasteiger partial charge in [-0.3, -0.25) is 0 Å². The average Bonchev–Trinajstić information content (AvgIpc) is 3.25. The van der Waals surface area contributed by atoms with Crippen molar-refractivity contribution in [2.75, 3.05) is 19.0 Å². The summed E-state index contributed by atoms with van der Waals surface area (Å²) in [5, 5.41) is 1.27. The predicted molar refractivity (Wildman–Crippen MR) is 101 cm³/mol. The van der Waals surface area contributed by atoms with Crippen LogP contribution >= 0.6 is 27.7 Å². The van der Waals surface area contributed by atoms with Crippen molar-refractivity contribution in [3.63, 3.8) is 0 Å². The Kier molecular flexibility index (Phi) is 3.75. The fraction of sp³-hybridized carbons (Fsp3) is 0.211. The number of rotatable bonds is 2. The molecule has 0 unspecified atom stereocenters. The van der Waals surface area contributed by atoms with Gasteiger partial charge in [0, 0.05) is 15.8 Å². The van der Waals surface area contributed by atoms with Gasteiger partial charge in [-0.15, -0.1) is 0 Å². The van der Waals surface area contributed by atoms with Crippen molar-refractivity contribution in [2.45, 2.75) is 11.7 Å². The largest absolute Gasteiger partial charge is 0.486 e. The fourth-order valence-corrected chi connectivity index (χ4v) is 4.66. The molecular formula is C19H16BrN2O2S+. The van der Waals surface area contributed by atoms with Gasteiger partial charge < -0.3 is 9.47 Å². The first kappa shape index (κ1) is 15.3. The quantitative estimate of drug-likeness (QED) is 0.590. The highest BCUT2D eigenvalue weighted by Crippen LogP contribution is 2.36. The highest BCUT2D eigenvalue weighted by atomic mass is 79.9. The Bertz CT molecular complexity index is 953. The van der Waals surface area contributed by atoms with Crippen LogP contribution in [0.3, 0.4) is 0 Å². The van der Waals surface area contributed by atoms with Crippen molar-refractivity contribution >= 4 is 27.7 Å². The summed E-state index contributed by atoms with van der Waals surface area (Å²) in [6, 6.07) is 14.6. The fourth-order valence-electron chi connectivity index (χ4n) is 3.29. The van der Waals surface area contributed by atoms with Crippen LogP contribution in [-0.2, 0) is 6.54 Å². The maximum Gasteiger partial charge on any atom is 0.323 e. The zero-order chi connectivity index (χ0) is 16.8. The second-order valence-electron chi connectivity index (χ2n) is 6.00. The van der Waals surface area contributed by atoms with E-state index in [2.05, 4.69) is 67.7 Å². The predicted octanol–water partition coefficient (Wildman–Crippen LogP) is 4.07. The van der Waals surface area contributed by atoms with Gasteiger partial charge in [0.1, 0.15) is 31.6 Å². The summed E-state index contributed by atoms with van der Waals surface area (Å²) >= 11 is 5.41. The summed E-state index contributed by atoms with van der Waals surface area (Å²) in [5.41, 5.74) is 3.54. The molecule has 0 N–H and O–H groups in total. The number of fused-ring (bicyclic) bond motifs is 2. The number of nitrogens with zero attached hydrogens (tertiary/aromatic N) is 2. The van der Waals surface area contributed by atoms with Crippen molar-refractivity contribution in [3.8, 4) is 28.4 Å². The molecule has 0 saturated heterocycles. The molecule has 0 spiro atoms. The molecule has 4 nitrogen and oxygen atoms in total. The van der Waals surface area contributed by atoms with E-state index in [4.69, 9.17) is 9.47 Å². The van der Waals surface area contributed by atoms with Gasteiger partial charge in [-0.2, -0.15) is 4.57 Å². The minimum absolute atomic E-state index is 0.609. The maximum absolute atomic E-state index is 5.76. The molecule has 5 rings (SSSR count). The second kappa shape index (κ2) is 6.11. The molecule has 0 fully saturated rings. The van der Waals surface area contributed by atoms with Gasteiger partial charge in [-0.1, -0.05) is 15.9 Å². The Labute approximate surface area is 158 Å². The Morgan fingerprint density at radius 3 is 2.64 bits per heavy atom. The third-order valence-corrected chi connectivity index (χ3v) is 6.06. The van der Waals surface area contributed by atoms with E-state index in [-0.39, 0.29) is 0 Å². The molecule has 126 valence electrons. The highest BCUT2D eigenvalue weighted by Gasteiger charge is 2.31. The SMILES string of the molecule is Brc1ccc(-n2cc(-c3ccc4c(c3)OCCO4)[n+]3c2SCC3)cc1. The number of thioether (sulfide) groups is 1. The maximum atomic E-state index is 5.76. The highest BCUT2D eigenvalue weighted by molar-refractivity contribution is 9.10. The van der Waals surface area contributed by atoms with Gasteiger partial charge in [0.15, 0.2) is 17.2 Å². The minimum atomic E-state index is 0.609. The monoisotopic (exact) mass is 415 g/mol. The molecule has 0 atom stereocenters. The van der Waals surface area contributed by atoms with Gasteiger partial charge in [0.05, 0.1) is 0 Å². The van der Waals surface area contributed by atoms with Crippen LogP contribution in [0.4, 0.5) is 0 Å². The number of imidazole rings is 1. The number of halogens is 1. The second-order valence-corrected chi connectivity index (χ2v) is 7.98. The van der Waals surface area contributed by atoms with Crippen molar-refractivity contribution in [1.82, 2.24) is 4.57 Å². The standard InChI is InChI=1S/C19H16BrN2O2S/c20-14-2-4-15(5-3-14)22-12-16(21-7-10-25-19(21)22)13-1-6-17-18(11-13)24-9-8-23-17/h1-6,11-12H,7-10H2/q+1. The number of ether oxygens (including phenoxy) is 2. The van der Waals surface area contributed by atoms with E-state index in [0.717, 1.165) is 33.8 Å². The van der Waals surface area contributed by atoms with E-state index >= 15 is 0 Å². The van der Waals surface area contributed by atoms with Gasteiger partial charge in [-0.05, 0) is 54.2 Å². The van der Waals surface area contributed by atoms with Crippen LogP contribution in [-0.4, -0.2) is 23.5 Å². The van der Waals surface area contributed by atoms with Crippen LogP contribution < -0.4 is 14.0 Å². The molecule has 0 bridgehead atoms. The van der Waals surface area contributed by atoms with Gasteiger partial charge >= 0.3 is 5.16 Å². The van der Waals surface area contributed by atoms with Crippen LogP contribution in [0.1, 0.15) is 0 Å². The number of aromatic nitrogens is 2. The van der Waals surface area contributed by atoms with Crippen LogP contribution in [0.25, 0.3) is 16.9 Å². The van der Waals surface area contributed by atoms with Gasteiger partial charge in [0.2, 0.25) is 0 Å². The first-order valence-electron chi connectivity index (χ1n) is 8.23. The van der Waals surface area contributed by atoms with Crippen LogP contribution in [0.5, 0.6) is 11.5 Å². The molecule has 1 aromatic heterocycles. The average molecular weight is 416 g/mol. The summed E-state index contributed by atoms with van der Waals surface area (Å²) in [5.74, 6) is 2.77. The Hall–Kier alpha value is -1.92. The van der Waals surface area contributed by atoms with E-state index in [1.165, 1.54) is 16.5 Å².